The summed E-state index contributed by atoms with van der Waals surface area (Å²) < 4.78 is 11.7. The van der Waals surface area contributed by atoms with Gasteiger partial charge in [0.15, 0.2) is 5.76 Å². The second-order valence-electron chi connectivity index (χ2n) is 8.13. The third-order valence-corrected chi connectivity index (χ3v) is 5.84. The van der Waals surface area contributed by atoms with Gasteiger partial charge in [0.05, 0.1) is 17.9 Å². The van der Waals surface area contributed by atoms with Gasteiger partial charge in [0.2, 0.25) is 0 Å². The first-order valence-corrected chi connectivity index (χ1v) is 11.9. The molecule has 0 spiro atoms. The first kappa shape index (κ1) is 24.8. The van der Waals surface area contributed by atoms with E-state index in [0.717, 1.165) is 5.39 Å². The Bertz CT molecular complexity index is 1300. The van der Waals surface area contributed by atoms with Crippen molar-refractivity contribution in [1.82, 2.24) is 10.0 Å². The Hall–Kier alpha value is -4.30. The van der Waals surface area contributed by atoms with Crippen molar-refractivity contribution in [2.45, 2.75) is 13.8 Å². The molecule has 0 saturated carbocycles. The number of benzene rings is 3. The molecule has 0 radical (unpaired) electrons. The van der Waals surface area contributed by atoms with Crippen LogP contribution >= 0.6 is 0 Å². The lowest BCUT2D eigenvalue weighted by Gasteiger charge is -2.32. The van der Waals surface area contributed by atoms with Crippen LogP contribution in [0.2, 0.25) is 0 Å². The van der Waals surface area contributed by atoms with Gasteiger partial charge < -0.3 is 20.2 Å². The molecule has 36 heavy (non-hydrogen) atoms. The minimum absolute atomic E-state index is 0.217. The summed E-state index contributed by atoms with van der Waals surface area (Å²) in [6.07, 6.45) is 0. The van der Waals surface area contributed by atoms with Crippen molar-refractivity contribution in [1.29, 1.82) is 0 Å². The molecular formula is C28H30N4O4. The zero-order valence-electron chi connectivity index (χ0n) is 20.4. The molecule has 3 aromatic carbocycles. The SMILES string of the molecule is CCN(CC)N(CCOc1ccc(C(=O)Nc2ccccc2N)cc1)C(=O)c1cc2ccccc2o1. The zero-order valence-corrected chi connectivity index (χ0v) is 20.4. The molecule has 0 aliphatic rings. The van der Waals surface area contributed by atoms with E-state index in [-0.39, 0.29) is 24.2 Å². The van der Waals surface area contributed by atoms with Gasteiger partial charge in [-0.05, 0) is 48.5 Å². The molecule has 3 N–H and O–H groups in total. The summed E-state index contributed by atoms with van der Waals surface area (Å²) in [4.78, 5) is 25.8. The van der Waals surface area contributed by atoms with Crippen molar-refractivity contribution in [2.75, 3.05) is 37.3 Å². The van der Waals surface area contributed by atoms with Crippen molar-refractivity contribution < 1.29 is 18.7 Å². The molecule has 4 aromatic rings. The number of nitrogens with zero attached hydrogens (tertiary/aromatic N) is 2. The van der Waals surface area contributed by atoms with E-state index in [1.165, 1.54) is 0 Å². The molecule has 4 rings (SSSR count). The van der Waals surface area contributed by atoms with Crippen LogP contribution in [0.15, 0.2) is 83.3 Å². The Morgan fingerprint density at radius 1 is 0.944 bits per heavy atom. The van der Waals surface area contributed by atoms with Gasteiger partial charge in [-0.15, -0.1) is 0 Å². The average Bonchev–Trinajstić information content (AvgIpc) is 3.34. The lowest BCUT2D eigenvalue weighted by Crippen LogP contribution is -2.48. The van der Waals surface area contributed by atoms with Crippen molar-refractivity contribution in [2.24, 2.45) is 0 Å². The number of nitrogens with two attached hydrogens (primary N) is 1. The molecule has 8 heteroatoms. The molecule has 0 unspecified atom stereocenters. The molecule has 186 valence electrons. The molecule has 0 aliphatic heterocycles. The largest absolute Gasteiger partial charge is 0.492 e. The highest BCUT2D eigenvalue weighted by molar-refractivity contribution is 6.05. The highest BCUT2D eigenvalue weighted by Gasteiger charge is 2.24. The van der Waals surface area contributed by atoms with E-state index < -0.39 is 0 Å². The van der Waals surface area contributed by atoms with E-state index >= 15 is 0 Å². The topological polar surface area (TPSA) is 101 Å². The number of furan rings is 1. The van der Waals surface area contributed by atoms with E-state index in [0.29, 0.717) is 47.9 Å². The summed E-state index contributed by atoms with van der Waals surface area (Å²) in [7, 11) is 0. The van der Waals surface area contributed by atoms with E-state index in [1.54, 1.807) is 47.5 Å². The number of hydrogen-bond acceptors (Lipinski definition) is 6. The maximum absolute atomic E-state index is 13.3. The first-order valence-electron chi connectivity index (χ1n) is 11.9. The molecule has 0 bridgehead atoms. The predicted molar refractivity (Wildman–Crippen MR) is 141 cm³/mol. The minimum Gasteiger partial charge on any atom is -0.492 e. The summed E-state index contributed by atoms with van der Waals surface area (Å²) >= 11 is 0. The summed E-state index contributed by atoms with van der Waals surface area (Å²) in [5.74, 6) is 0.410. The Kier molecular flexibility index (Phi) is 7.87. The molecule has 1 aromatic heterocycles. The van der Waals surface area contributed by atoms with Gasteiger partial charge in [-0.2, -0.15) is 0 Å². The van der Waals surface area contributed by atoms with E-state index in [9.17, 15) is 9.59 Å². The van der Waals surface area contributed by atoms with Gasteiger partial charge in [-0.1, -0.05) is 44.2 Å². The number of nitrogen functional groups attached to an aromatic ring is 1. The normalized spacial score (nSPS) is 11.0. The zero-order chi connectivity index (χ0) is 25.5. The van der Waals surface area contributed by atoms with E-state index in [2.05, 4.69) is 5.32 Å². The summed E-state index contributed by atoms with van der Waals surface area (Å²) in [6, 6.07) is 23.2. The number of amides is 2. The maximum atomic E-state index is 13.3. The molecule has 0 atom stereocenters. The molecule has 2 amide bonds. The predicted octanol–water partition coefficient (Wildman–Crippen LogP) is 5.05. The molecule has 1 heterocycles. The molecule has 0 fully saturated rings. The highest BCUT2D eigenvalue weighted by atomic mass is 16.5. The summed E-state index contributed by atoms with van der Waals surface area (Å²) in [5, 5.41) is 7.29. The number of rotatable bonds is 10. The van der Waals surface area contributed by atoms with Crippen LogP contribution < -0.4 is 15.8 Å². The fraction of sp³-hybridized carbons (Fsp3) is 0.214. The minimum atomic E-state index is -0.261. The number of para-hydroxylation sites is 3. The number of ether oxygens (including phenoxy) is 1. The van der Waals surface area contributed by atoms with Crippen LogP contribution in [0, 0.1) is 0 Å². The lowest BCUT2D eigenvalue weighted by atomic mass is 10.2. The fourth-order valence-electron chi connectivity index (χ4n) is 3.91. The van der Waals surface area contributed by atoms with Gasteiger partial charge in [-0.25, -0.2) is 5.01 Å². The number of hydrazine groups is 1. The Labute approximate surface area is 210 Å². The molecule has 8 nitrogen and oxygen atoms in total. The quantitative estimate of drug-likeness (QED) is 0.240. The van der Waals surface area contributed by atoms with Crippen LogP contribution in [0.3, 0.4) is 0 Å². The number of fused-ring (bicyclic) bond motifs is 1. The molecule has 0 aliphatic carbocycles. The third-order valence-electron chi connectivity index (χ3n) is 5.84. The number of hydrogen-bond donors (Lipinski definition) is 2. The molecular weight excluding hydrogens is 456 g/mol. The van der Waals surface area contributed by atoms with Crippen LogP contribution in [0.4, 0.5) is 11.4 Å². The van der Waals surface area contributed by atoms with Crippen LogP contribution in [-0.2, 0) is 0 Å². The molecule has 0 saturated heterocycles. The van der Waals surface area contributed by atoms with Crippen LogP contribution in [0.5, 0.6) is 5.75 Å². The second kappa shape index (κ2) is 11.4. The standard InChI is InChI=1S/C28H30N4O4/c1-3-31(4-2)32(28(34)26-19-21-9-5-8-12-25(21)36-26)17-18-35-22-15-13-20(14-16-22)27(33)30-24-11-7-6-10-23(24)29/h5-16,19H,3-4,17-18,29H2,1-2H3,(H,30,33). The van der Waals surface area contributed by atoms with Crippen LogP contribution in [0.1, 0.15) is 34.8 Å². The van der Waals surface area contributed by atoms with Crippen molar-refractivity contribution >= 4 is 34.2 Å². The van der Waals surface area contributed by atoms with Crippen molar-refractivity contribution in [3.8, 4) is 5.75 Å². The number of carbonyl (C=O) groups is 2. The highest BCUT2D eigenvalue weighted by Crippen LogP contribution is 2.21. The first-order chi connectivity index (χ1) is 17.5. The van der Waals surface area contributed by atoms with Crippen molar-refractivity contribution in [3.63, 3.8) is 0 Å². The average molecular weight is 487 g/mol. The van der Waals surface area contributed by atoms with Gasteiger partial charge in [0.1, 0.15) is 17.9 Å². The van der Waals surface area contributed by atoms with Gasteiger partial charge in [0, 0.05) is 24.0 Å². The van der Waals surface area contributed by atoms with Gasteiger partial charge >= 0.3 is 5.91 Å². The van der Waals surface area contributed by atoms with Gasteiger partial charge in [0.25, 0.3) is 5.91 Å². The van der Waals surface area contributed by atoms with Crippen LogP contribution in [0.25, 0.3) is 11.0 Å². The summed E-state index contributed by atoms with van der Waals surface area (Å²) in [6.45, 7) is 5.93. The number of anilines is 2. The number of carbonyl (C=O) groups excluding carboxylic acids is 2. The van der Waals surface area contributed by atoms with Crippen molar-refractivity contribution in [3.05, 3.63) is 90.2 Å². The van der Waals surface area contributed by atoms with Crippen LogP contribution in [-0.4, -0.2) is 48.1 Å². The fourth-order valence-corrected chi connectivity index (χ4v) is 3.91. The summed E-state index contributed by atoms with van der Waals surface area (Å²) in [5.41, 5.74) is 8.12. The monoisotopic (exact) mass is 486 g/mol. The smallest absolute Gasteiger partial charge is 0.304 e. The van der Waals surface area contributed by atoms with Gasteiger partial charge in [-0.3, -0.25) is 14.6 Å². The Morgan fingerprint density at radius 3 is 2.33 bits per heavy atom. The second-order valence-corrected chi connectivity index (χ2v) is 8.13. The Morgan fingerprint density at radius 2 is 1.64 bits per heavy atom. The third kappa shape index (κ3) is 5.67. The number of nitrogens with one attached hydrogen (secondary N) is 1. The maximum Gasteiger partial charge on any atom is 0.304 e. The Balaban J connectivity index is 1.38. The lowest BCUT2D eigenvalue weighted by molar-refractivity contribution is -0.0126. The van der Waals surface area contributed by atoms with E-state index in [1.807, 2.05) is 55.3 Å². The van der Waals surface area contributed by atoms with E-state index in [4.69, 9.17) is 14.9 Å².